The highest BCUT2D eigenvalue weighted by molar-refractivity contribution is 5.97. The van der Waals surface area contributed by atoms with E-state index in [1.165, 1.54) is 21.1 Å². The first kappa shape index (κ1) is 18.9. The topological polar surface area (TPSA) is 108 Å². The average molecular weight is 372 g/mol. The maximum Gasteiger partial charge on any atom is 0.252 e. The quantitative estimate of drug-likeness (QED) is 0.757. The number of carbonyl (C=O) groups is 2. The number of ether oxygens (including phenoxy) is 2. The van der Waals surface area contributed by atoms with Crippen molar-refractivity contribution in [1.29, 1.82) is 0 Å². The Morgan fingerprint density at radius 3 is 2.41 bits per heavy atom. The first-order valence-electron chi connectivity index (χ1n) is 8.77. The molecule has 8 nitrogen and oxygen atoms in total. The predicted octanol–water partition coefficient (Wildman–Crippen LogP) is 1.25. The molecular weight excluding hydrogens is 348 g/mol. The molecule has 8 heteroatoms. The van der Waals surface area contributed by atoms with Crippen LogP contribution in [0.3, 0.4) is 0 Å². The lowest BCUT2D eigenvalue weighted by molar-refractivity contribution is -0.117. The molecule has 2 atom stereocenters. The van der Waals surface area contributed by atoms with E-state index in [0.29, 0.717) is 22.8 Å². The van der Waals surface area contributed by atoms with Crippen LogP contribution in [-0.2, 0) is 4.79 Å². The molecule has 1 aromatic heterocycles. The first-order chi connectivity index (χ1) is 12.9. The van der Waals surface area contributed by atoms with E-state index in [4.69, 9.17) is 15.2 Å². The van der Waals surface area contributed by atoms with Crippen LogP contribution in [0, 0.1) is 0 Å². The molecule has 144 valence electrons. The molecule has 1 aliphatic rings. The van der Waals surface area contributed by atoms with Crippen molar-refractivity contribution in [2.45, 2.75) is 25.3 Å². The number of nitrogens with one attached hydrogen (secondary N) is 1. The summed E-state index contributed by atoms with van der Waals surface area (Å²) in [5, 5.41) is 7.86. The third-order valence-corrected chi connectivity index (χ3v) is 4.82. The number of hydrogen-bond donors (Lipinski definition) is 2. The number of ketones is 1. The molecule has 3 N–H and O–H groups in total. The molecule has 27 heavy (non-hydrogen) atoms. The summed E-state index contributed by atoms with van der Waals surface area (Å²) < 4.78 is 12.4. The van der Waals surface area contributed by atoms with Gasteiger partial charge in [0, 0.05) is 18.8 Å². The van der Waals surface area contributed by atoms with Crippen molar-refractivity contribution in [3.05, 3.63) is 41.2 Å². The highest BCUT2D eigenvalue weighted by atomic mass is 16.5. The molecule has 1 saturated heterocycles. The molecule has 1 fully saturated rings. The Hall–Kier alpha value is -2.87. The molecule has 0 spiro atoms. The zero-order valence-corrected chi connectivity index (χ0v) is 15.7. The minimum absolute atomic E-state index is 0.129. The highest BCUT2D eigenvalue weighted by Crippen LogP contribution is 2.33. The van der Waals surface area contributed by atoms with Crippen molar-refractivity contribution >= 4 is 11.7 Å². The number of nitrogens with zero attached hydrogens (tertiary/aromatic N) is 2. The zero-order chi connectivity index (χ0) is 19.6. The molecule has 0 radical (unpaired) electrons. The summed E-state index contributed by atoms with van der Waals surface area (Å²) in [5.74, 6) is -0.399. The Kier molecular flexibility index (Phi) is 5.46. The smallest absolute Gasteiger partial charge is 0.252 e. The van der Waals surface area contributed by atoms with E-state index in [1.54, 1.807) is 29.1 Å². The lowest BCUT2D eigenvalue weighted by atomic mass is 9.89. The minimum Gasteiger partial charge on any atom is -0.497 e. The van der Waals surface area contributed by atoms with Crippen molar-refractivity contribution in [2.24, 2.45) is 5.73 Å². The molecule has 2 aromatic rings. The van der Waals surface area contributed by atoms with Crippen LogP contribution in [0.5, 0.6) is 11.5 Å². The van der Waals surface area contributed by atoms with E-state index in [9.17, 15) is 9.59 Å². The number of primary amides is 1. The van der Waals surface area contributed by atoms with Crippen molar-refractivity contribution in [2.75, 3.05) is 27.3 Å². The maximum absolute atomic E-state index is 12.6. The summed E-state index contributed by atoms with van der Waals surface area (Å²) in [6.07, 6.45) is 2.54. The number of nitrogens with two attached hydrogens (primary N) is 1. The lowest BCUT2D eigenvalue weighted by Crippen LogP contribution is -2.19. The van der Waals surface area contributed by atoms with Gasteiger partial charge in [-0.25, -0.2) is 0 Å². The minimum atomic E-state index is -0.743. The molecule has 1 aliphatic heterocycles. The van der Waals surface area contributed by atoms with Gasteiger partial charge in [0.05, 0.1) is 37.4 Å². The van der Waals surface area contributed by atoms with Gasteiger partial charge in [0.15, 0.2) is 0 Å². The number of Topliss-reactive ketones (excluding diaryl/α,β-unsaturated/α-hetero) is 1. The molecule has 0 bridgehead atoms. The van der Waals surface area contributed by atoms with E-state index in [0.717, 1.165) is 19.5 Å². The maximum atomic E-state index is 12.6. The monoisotopic (exact) mass is 372 g/mol. The van der Waals surface area contributed by atoms with Crippen LogP contribution < -0.4 is 20.5 Å². The summed E-state index contributed by atoms with van der Waals surface area (Å²) in [6, 6.07) is 5.34. The van der Waals surface area contributed by atoms with Crippen molar-refractivity contribution in [3.63, 3.8) is 0 Å². The fourth-order valence-electron chi connectivity index (χ4n) is 3.44. The normalized spacial score (nSPS) is 17.5. The average Bonchev–Trinajstić information content (AvgIpc) is 3.31. The van der Waals surface area contributed by atoms with E-state index >= 15 is 0 Å². The molecule has 3 rings (SSSR count). The van der Waals surface area contributed by atoms with Crippen LogP contribution in [0.15, 0.2) is 24.4 Å². The fourth-order valence-corrected chi connectivity index (χ4v) is 3.44. The Bertz CT molecular complexity index is 833. The van der Waals surface area contributed by atoms with Crippen LogP contribution in [0.25, 0.3) is 0 Å². The van der Waals surface area contributed by atoms with Crippen LogP contribution in [0.1, 0.15) is 46.9 Å². The van der Waals surface area contributed by atoms with Crippen molar-refractivity contribution in [1.82, 2.24) is 15.1 Å². The lowest BCUT2D eigenvalue weighted by Gasteiger charge is -2.16. The van der Waals surface area contributed by atoms with Gasteiger partial charge >= 0.3 is 0 Å². The second-order valence-corrected chi connectivity index (χ2v) is 6.61. The van der Waals surface area contributed by atoms with Crippen molar-refractivity contribution in [3.8, 4) is 11.5 Å². The Balaban J connectivity index is 2.12. The number of rotatable bonds is 7. The van der Waals surface area contributed by atoms with Gasteiger partial charge in [-0.05, 0) is 37.6 Å². The number of benzene rings is 1. The van der Waals surface area contributed by atoms with E-state index < -0.39 is 11.8 Å². The summed E-state index contributed by atoms with van der Waals surface area (Å²) in [5.41, 5.74) is 6.83. The third kappa shape index (κ3) is 3.80. The first-order valence-corrected chi connectivity index (χ1v) is 8.77. The predicted molar refractivity (Wildman–Crippen MR) is 99.3 cm³/mol. The number of aromatic nitrogens is 2. The molecule has 1 aromatic carbocycles. The SMILES string of the molecule is COc1cc(OC)cc([C@H](C(C)=O)c2nn([C@H]3CCNC3)cc2C(N)=O)c1. The van der Waals surface area contributed by atoms with Crippen LogP contribution in [0.4, 0.5) is 0 Å². The second-order valence-electron chi connectivity index (χ2n) is 6.61. The van der Waals surface area contributed by atoms with Crippen molar-refractivity contribution < 1.29 is 19.1 Å². The Labute approximate surface area is 157 Å². The molecule has 0 saturated carbocycles. The fraction of sp³-hybridized carbons (Fsp3) is 0.421. The number of carbonyl (C=O) groups excluding carboxylic acids is 2. The van der Waals surface area contributed by atoms with Crippen LogP contribution in [-0.4, -0.2) is 48.8 Å². The molecule has 1 amide bonds. The van der Waals surface area contributed by atoms with Gasteiger partial charge in [-0.15, -0.1) is 0 Å². The van der Waals surface area contributed by atoms with E-state index in [-0.39, 0.29) is 17.4 Å². The highest BCUT2D eigenvalue weighted by Gasteiger charge is 2.30. The van der Waals surface area contributed by atoms with Crippen LogP contribution >= 0.6 is 0 Å². The van der Waals surface area contributed by atoms with Gasteiger partial charge in [-0.1, -0.05) is 0 Å². The second kappa shape index (κ2) is 7.79. The van der Waals surface area contributed by atoms with Crippen LogP contribution in [0.2, 0.25) is 0 Å². The van der Waals surface area contributed by atoms with E-state index in [1.807, 2.05) is 0 Å². The molecule has 0 unspecified atom stereocenters. The van der Waals surface area contributed by atoms with E-state index in [2.05, 4.69) is 10.4 Å². The van der Waals surface area contributed by atoms with Gasteiger partial charge in [-0.2, -0.15) is 5.10 Å². The summed E-state index contributed by atoms with van der Waals surface area (Å²) in [7, 11) is 3.08. The molecular formula is C19H24N4O4. The van der Waals surface area contributed by atoms with Gasteiger partial charge in [0.2, 0.25) is 0 Å². The largest absolute Gasteiger partial charge is 0.497 e. The molecule has 0 aliphatic carbocycles. The van der Waals surface area contributed by atoms with Gasteiger partial charge in [0.1, 0.15) is 17.3 Å². The Morgan fingerprint density at radius 1 is 1.26 bits per heavy atom. The zero-order valence-electron chi connectivity index (χ0n) is 15.7. The summed E-state index contributed by atoms with van der Waals surface area (Å²) in [6.45, 7) is 3.11. The number of methoxy groups -OCH3 is 2. The standard InChI is InChI=1S/C19H24N4O4/c1-11(24)17(12-6-14(26-2)8-15(7-12)27-3)18-16(19(20)25)10-23(22-18)13-4-5-21-9-13/h6-8,10,13,17,21H,4-5,9H2,1-3H3,(H2,20,25)/t13-,17-/m0/s1. The Morgan fingerprint density at radius 2 is 1.93 bits per heavy atom. The third-order valence-electron chi connectivity index (χ3n) is 4.82. The van der Waals surface area contributed by atoms with Gasteiger partial charge in [0.25, 0.3) is 5.91 Å². The summed E-state index contributed by atoms with van der Waals surface area (Å²) >= 11 is 0. The van der Waals surface area contributed by atoms with Gasteiger partial charge < -0.3 is 20.5 Å². The summed E-state index contributed by atoms with van der Waals surface area (Å²) in [4.78, 5) is 24.6. The number of hydrogen-bond acceptors (Lipinski definition) is 6. The molecule has 2 heterocycles. The number of amides is 1. The van der Waals surface area contributed by atoms with Gasteiger partial charge in [-0.3, -0.25) is 14.3 Å².